The number of likely N-dealkylation sites (N-methyl/N-ethyl adjacent to an activating group) is 1. The zero-order valence-corrected chi connectivity index (χ0v) is 17.6. The van der Waals surface area contributed by atoms with Crippen LogP contribution in [0.2, 0.25) is 5.02 Å². The maximum absolute atomic E-state index is 13.1. The molecule has 0 aromatic heterocycles. The number of ether oxygens (including phenoxy) is 1. The van der Waals surface area contributed by atoms with Crippen LogP contribution in [-0.2, 0) is 16.4 Å². The second kappa shape index (κ2) is 7.57. The second-order valence-electron chi connectivity index (χ2n) is 6.70. The summed E-state index contributed by atoms with van der Waals surface area (Å²) in [7, 11) is -0.582. The number of benzene rings is 2. The third kappa shape index (κ3) is 3.63. The average molecular weight is 430 g/mol. The van der Waals surface area contributed by atoms with Gasteiger partial charge in [0.05, 0.1) is 18.5 Å². The SMILES string of the molecule is COc1ccc(CCN2C=CC=C3C2=Nc2ccc(Cl)cc2S(=O)(=O)N3C)cc1. The molecule has 8 heteroatoms. The van der Waals surface area contributed by atoms with Gasteiger partial charge < -0.3 is 9.64 Å². The number of hydrogen-bond donors (Lipinski definition) is 0. The highest BCUT2D eigenvalue weighted by Gasteiger charge is 2.34. The van der Waals surface area contributed by atoms with Crippen LogP contribution >= 0.6 is 11.6 Å². The van der Waals surface area contributed by atoms with Gasteiger partial charge in [-0.25, -0.2) is 13.4 Å². The third-order valence-corrected chi connectivity index (χ3v) is 6.98. The van der Waals surface area contributed by atoms with E-state index in [-0.39, 0.29) is 4.90 Å². The summed E-state index contributed by atoms with van der Waals surface area (Å²) < 4.78 is 32.6. The summed E-state index contributed by atoms with van der Waals surface area (Å²) >= 11 is 6.05. The Morgan fingerprint density at radius 1 is 1.14 bits per heavy atom. The first kappa shape index (κ1) is 19.5. The van der Waals surface area contributed by atoms with Crippen LogP contribution in [0.1, 0.15) is 5.56 Å². The molecular formula is C21H20ClN3O3S. The van der Waals surface area contributed by atoms with E-state index in [2.05, 4.69) is 0 Å². The van der Waals surface area contributed by atoms with Gasteiger partial charge in [-0.2, -0.15) is 0 Å². The Bertz CT molecular complexity index is 1140. The molecule has 0 radical (unpaired) electrons. The van der Waals surface area contributed by atoms with E-state index >= 15 is 0 Å². The average Bonchev–Trinajstić information content (AvgIpc) is 2.81. The van der Waals surface area contributed by atoms with Gasteiger partial charge in [-0.3, -0.25) is 4.31 Å². The molecule has 0 bridgehead atoms. The smallest absolute Gasteiger partial charge is 0.266 e. The van der Waals surface area contributed by atoms with Gasteiger partial charge in [-0.05, 0) is 54.5 Å². The van der Waals surface area contributed by atoms with Crippen molar-refractivity contribution >= 4 is 33.1 Å². The van der Waals surface area contributed by atoms with E-state index in [9.17, 15) is 8.42 Å². The van der Waals surface area contributed by atoms with Crippen molar-refractivity contribution in [2.45, 2.75) is 11.3 Å². The van der Waals surface area contributed by atoms with E-state index in [1.165, 1.54) is 17.4 Å². The monoisotopic (exact) mass is 429 g/mol. The molecule has 0 spiro atoms. The van der Waals surface area contributed by atoms with E-state index in [4.69, 9.17) is 21.3 Å². The van der Waals surface area contributed by atoms with Crippen LogP contribution in [0, 0.1) is 0 Å². The molecule has 2 aliphatic rings. The fraction of sp³-hybridized carbons (Fsp3) is 0.190. The molecule has 0 amide bonds. The molecule has 0 aliphatic carbocycles. The molecule has 2 aliphatic heterocycles. The van der Waals surface area contributed by atoms with Crippen molar-refractivity contribution in [1.82, 2.24) is 9.21 Å². The van der Waals surface area contributed by atoms with E-state index in [1.54, 1.807) is 25.3 Å². The molecule has 4 rings (SSSR count). The molecule has 0 fully saturated rings. The molecule has 2 aromatic carbocycles. The number of sulfonamides is 1. The number of rotatable bonds is 4. The predicted molar refractivity (Wildman–Crippen MR) is 114 cm³/mol. The summed E-state index contributed by atoms with van der Waals surface area (Å²) in [4.78, 5) is 6.76. The number of fused-ring (bicyclic) bond motifs is 2. The van der Waals surface area contributed by atoms with E-state index in [0.717, 1.165) is 17.7 Å². The third-order valence-electron chi connectivity index (χ3n) is 4.95. The zero-order chi connectivity index (χ0) is 20.6. The fourth-order valence-corrected chi connectivity index (χ4v) is 4.89. The largest absolute Gasteiger partial charge is 0.497 e. The molecule has 2 heterocycles. The Labute approximate surface area is 175 Å². The Morgan fingerprint density at radius 2 is 1.90 bits per heavy atom. The van der Waals surface area contributed by atoms with Crippen molar-refractivity contribution in [2.75, 3.05) is 20.7 Å². The van der Waals surface area contributed by atoms with Crippen LogP contribution in [-0.4, -0.2) is 44.2 Å². The molecule has 0 saturated carbocycles. The quantitative estimate of drug-likeness (QED) is 0.737. The Balaban J connectivity index is 1.68. The van der Waals surface area contributed by atoms with Crippen molar-refractivity contribution in [3.05, 3.63) is 77.1 Å². The van der Waals surface area contributed by atoms with Crippen molar-refractivity contribution in [2.24, 2.45) is 4.99 Å². The number of nitrogens with zero attached hydrogens (tertiary/aromatic N) is 3. The number of hydrogen-bond acceptors (Lipinski definition) is 5. The van der Waals surface area contributed by atoms with Gasteiger partial charge in [0, 0.05) is 24.8 Å². The van der Waals surface area contributed by atoms with Gasteiger partial charge in [0.25, 0.3) is 10.0 Å². The highest BCUT2D eigenvalue weighted by Crippen LogP contribution is 2.36. The van der Waals surface area contributed by atoms with Crippen molar-refractivity contribution in [3.8, 4) is 5.75 Å². The van der Waals surface area contributed by atoms with Gasteiger partial charge in [0.15, 0.2) is 5.84 Å². The molecule has 0 N–H and O–H groups in total. The normalized spacial score (nSPS) is 17.1. The van der Waals surface area contributed by atoms with Crippen molar-refractivity contribution in [1.29, 1.82) is 0 Å². The lowest BCUT2D eigenvalue weighted by Gasteiger charge is -2.29. The van der Waals surface area contributed by atoms with Gasteiger partial charge in [-0.1, -0.05) is 23.7 Å². The summed E-state index contributed by atoms with van der Waals surface area (Å²) in [6.45, 7) is 0.649. The fourth-order valence-electron chi connectivity index (χ4n) is 3.30. The summed E-state index contributed by atoms with van der Waals surface area (Å²) in [6.07, 6.45) is 6.27. The van der Waals surface area contributed by atoms with Crippen molar-refractivity contribution in [3.63, 3.8) is 0 Å². The van der Waals surface area contributed by atoms with Crippen LogP contribution < -0.4 is 4.74 Å². The second-order valence-corrected chi connectivity index (χ2v) is 9.08. The lowest BCUT2D eigenvalue weighted by Crippen LogP contribution is -2.38. The van der Waals surface area contributed by atoms with Crippen LogP contribution in [0.25, 0.3) is 0 Å². The highest BCUT2D eigenvalue weighted by atomic mass is 35.5. The lowest BCUT2D eigenvalue weighted by atomic mass is 10.1. The summed E-state index contributed by atoms with van der Waals surface area (Å²) in [5.74, 6) is 1.40. The summed E-state index contributed by atoms with van der Waals surface area (Å²) in [5.41, 5.74) is 2.05. The van der Waals surface area contributed by atoms with Crippen LogP contribution in [0.4, 0.5) is 5.69 Å². The van der Waals surface area contributed by atoms with Crippen LogP contribution in [0.3, 0.4) is 0 Å². The minimum Gasteiger partial charge on any atom is -0.497 e. The van der Waals surface area contributed by atoms with Crippen molar-refractivity contribution < 1.29 is 13.2 Å². The van der Waals surface area contributed by atoms with E-state index < -0.39 is 10.0 Å². The predicted octanol–water partition coefficient (Wildman–Crippen LogP) is 3.97. The first-order valence-electron chi connectivity index (χ1n) is 9.06. The molecule has 0 unspecified atom stereocenters. The van der Waals surface area contributed by atoms with E-state index in [1.807, 2.05) is 41.4 Å². The zero-order valence-electron chi connectivity index (χ0n) is 16.0. The number of allylic oxidation sites excluding steroid dienone is 2. The number of aliphatic imine (C=N–C) groups is 1. The Kier molecular flexibility index (Phi) is 5.10. The first-order chi connectivity index (χ1) is 13.9. The van der Waals surface area contributed by atoms with Gasteiger partial charge in [-0.15, -0.1) is 0 Å². The number of halogens is 1. The number of amidine groups is 1. The maximum Gasteiger partial charge on any atom is 0.266 e. The van der Waals surface area contributed by atoms with Gasteiger partial charge in [0.1, 0.15) is 10.6 Å². The Hall–Kier alpha value is -2.77. The molecule has 6 nitrogen and oxygen atoms in total. The maximum atomic E-state index is 13.1. The molecule has 0 saturated heterocycles. The minimum absolute atomic E-state index is 0.102. The van der Waals surface area contributed by atoms with E-state index in [0.29, 0.717) is 28.8 Å². The molecule has 29 heavy (non-hydrogen) atoms. The molecule has 0 atom stereocenters. The minimum atomic E-state index is -3.76. The molecular weight excluding hydrogens is 410 g/mol. The lowest BCUT2D eigenvalue weighted by molar-refractivity contribution is 0.414. The topological polar surface area (TPSA) is 62.2 Å². The summed E-state index contributed by atoms with van der Waals surface area (Å²) in [6, 6.07) is 12.6. The Morgan fingerprint density at radius 3 is 2.62 bits per heavy atom. The van der Waals surface area contributed by atoms with Crippen LogP contribution in [0.15, 0.2) is 76.4 Å². The molecule has 150 valence electrons. The van der Waals surface area contributed by atoms with Gasteiger partial charge >= 0.3 is 0 Å². The molecule has 2 aromatic rings. The number of methoxy groups -OCH3 is 1. The standard InChI is InChI=1S/C21H20ClN3O3S/c1-24-19-4-3-12-25(13-11-15-5-8-17(28-2)9-6-15)21(19)23-18-10-7-16(22)14-20(18)29(24,26)27/h3-10,12,14H,11,13H2,1-2H3. The van der Waals surface area contributed by atoms with Gasteiger partial charge in [0.2, 0.25) is 0 Å². The highest BCUT2D eigenvalue weighted by molar-refractivity contribution is 7.89. The summed E-state index contributed by atoms with van der Waals surface area (Å²) in [5, 5.41) is 0.356. The first-order valence-corrected chi connectivity index (χ1v) is 10.9. The van der Waals surface area contributed by atoms with Crippen LogP contribution in [0.5, 0.6) is 5.75 Å².